The van der Waals surface area contributed by atoms with E-state index in [1.807, 2.05) is 6.92 Å². The third kappa shape index (κ3) is 4.51. The second-order valence-corrected chi connectivity index (χ2v) is 6.16. The standard InChI is InChI=1S/C19H22N6O5/c1-3-24-18(27)14(22-25(19(24)28)13-9-6-5-7-10-13)15-21-17(30-23-15)16(26)20-11-8-12-29-4-2/h5-7,9-10H,3-4,8,11-12H2,1-2H3,(H,20,26). The van der Waals surface area contributed by atoms with Crippen LogP contribution in [0.3, 0.4) is 0 Å². The van der Waals surface area contributed by atoms with Gasteiger partial charge in [-0.05, 0) is 32.4 Å². The van der Waals surface area contributed by atoms with Crippen LogP contribution in [0.4, 0.5) is 0 Å². The lowest BCUT2D eigenvalue weighted by Gasteiger charge is -2.09. The molecule has 0 aliphatic rings. The van der Waals surface area contributed by atoms with Crippen molar-refractivity contribution in [2.45, 2.75) is 26.8 Å². The molecule has 0 spiro atoms. The Bertz CT molecular complexity index is 1120. The lowest BCUT2D eigenvalue weighted by Crippen LogP contribution is -2.41. The van der Waals surface area contributed by atoms with Crippen LogP contribution in [0.25, 0.3) is 17.2 Å². The molecule has 1 N–H and O–H groups in total. The SMILES string of the molecule is CCOCCCNC(=O)c1nc(-c2nn(-c3ccccc3)c(=O)n(CC)c2=O)no1. The fraction of sp³-hybridized carbons (Fsp3) is 0.368. The average molecular weight is 414 g/mol. The summed E-state index contributed by atoms with van der Waals surface area (Å²) in [7, 11) is 0. The van der Waals surface area contributed by atoms with E-state index in [2.05, 4.69) is 20.6 Å². The molecule has 0 bridgehead atoms. The number of amides is 1. The van der Waals surface area contributed by atoms with E-state index in [9.17, 15) is 14.4 Å². The van der Waals surface area contributed by atoms with E-state index in [0.717, 1.165) is 9.25 Å². The van der Waals surface area contributed by atoms with Crippen LogP contribution in [-0.4, -0.2) is 50.2 Å². The second-order valence-electron chi connectivity index (χ2n) is 6.16. The van der Waals surface area contributed by atoms with E-state index in [1.54, 1.807) is 37.3 Å². The normalized spacial score (nSPS) is 10.9. The predicted octanol–water partition coefficient (Wildman–Crippen LogP) is 0.620. The van der Waals surface area contributed by atoms with Crippen molar-refractivity contribution in [3.63, 3.8) is 0 Å². The maximum Gasteiger partial charge on any atom is 0.352 e. The van der Waals surface area contributed by atoms with Crippen molar-refractivity contribution in [3.05, 3.63) is 57.1 Å². The molecule has 3 rings (SSSR count). The minimum absolute atomic E-state index is 0.130. The van der Waals surface area contributed by atoms with Crippen molar-refractivity contribution in [3.8, 4) is 17.2 Å². The van der Waals surface area contributed by atoms with Gasteiger partial charge in [0.1, 0.15) is 0 Å². The van der Waals surface area contributed by atoms with E-state index in [4.69, 9.17) is 9.26 Å². The molecule has 3 aromatic rings. The van der Waals surface area contributed by atoms with Crippen molar-refractivity contribution in [1.29, 1.82) is 0 Å². The minimum atomic E-state index is -0.667. The minimum Gasteiger partial charge on any atom is -0.382 e. The Hall–Kier alpha value is -3.60. The summed E-state index contributed by atoms with van der Waals surface area (Å²) in [6.07, 6.45) is 0.630. The van der Waals surface area contributed by atoms with Crippen LogP contribution in [0.2, 0.25) is 0 Å². The van der Waals surface area contributed by atoms with E-state index < -0.39 is 17.2 Å². The maximum atomic E-state index is 12.7. The summed E-state index contributed by atoms with van der Waals surface area (Å²) < 4.78 is 12.3. The number of benzene rings is 1. The van der Waals surface area contributed by atoms with Gasteiger partial charge in [0.05, 0.1) is 5.69 Å². The number of hydrogen-bond acceptors (Lipinski definition) is 8. The van der Waals surface area contributed by atoms with E-state index >= 15 is 0 Å². The number of para-hydroxylation sites is 1. The molecule has 0 saturated carbocycles. The Balaban J connectivity index is 1.90. The molecular formula is C19H22N6O5. The number of carbonyl (C=O) groups is 1. The van der Waals surface area contributed by atoms with Gasteiger partial charge >= 0.3 is 17.5 Å². The summed E-state index contributed by atoms with van der Waals surface area (Å²) >= 11 is 0. The molecule has 0 aliphatic carbocycles. The molecule has 11 nitrogen and oxygen atoms in total. The Morgan fingerprint density at radius 3 is 2.67 bits per heavy atom. The number of ether oxygens (including phenoxy) is 1. The Morgan fingerprint density at radius 2 is 1.97 bits per heavy atom. The number of nitrogens with zero attached hydrogens (tertiary/aromatic N) is 5. The molecule has 0 saturated heterocycles. The van der Waals surface area contributed by atoms with Crippen LogP contribution in [-0.2, 0) is 11.3 Å². The largest absolute Gasteiger partial charge is 0.382 e. The van der Waals surface area contributed by atoms with Crippen molar-refractivity contribution < 1.29 is 14.1 Å². The van der Waals surface area contributed by atoms with Gasteiger partial charge in [0.2, 0.25) is 5.82 Å². The molecule has 158 valence electrons. The molecule has 0 atom stereocenters. The van der Waals surface area contributed by atoms with E-state index in [0.29, 0.717) is 31.9 Å². The Morgan fingerprint density at radius 1 is 1.20 bits per heavy atom. The highest BCUT2D eigenvalue weighted by atomic mass is 16.5. The van der Waals surface area contributed by atoms with Gasteiger partial charge in [0.25, 0.3) is 5.56 Å². The molecule has 2 aromatic heterocycles. The first-order valence-electron chi connectivity index (χ1n) is 9.56. The molecule has 0 radical (unpaired) electrons. The van der Waals surface area contributed by atoms with Gasteiger partial charge < -0.3 is 14.6 Å². The molecule has 11 heteroatoms. The first-order valence-corrected chi connectivity index (χ1v) is 9.56. The lowest BCUT2D eigenvalue weighted by molar-refractivity contribution is 0.0901. The fourth-order valence-corrected chi connectivity index (χ4v) is 2.68. The second kappa shape index (κ2) is 9.74. The quantitative estimate of drug-likeness (QED) is 0.504. The number of rotatable bonds is 9. The van der Waals surface area contributed by atoms with Gasteiger partial charge in [-0.25, -0.2) is 4.79 Å². The zero-order valence-corrected chi connectivity index (χ0v) is 16.7. The Kier molecular flexibility index (Phi) is 6.86. The fourth-order valence-electron chi connectivity index (χ4n) is 2.68. The molecule has 30 heavy (non-hydrogen) atoms. The molecular weight excluding hydrogens is 392 g/mol. The number of carbonyl (C=O) groups excluding carboxylic acids is 1. The highest BCUT2D eigenvalue weighted by Crippen LogP contribution is 2.10. The summed E-state index contributed by atoms with van der Waals surface area (Å²) in [5.74, 6) is -1.05. The first kappa shape index (κ1) is 21.1. The van der Waals surface area contributed by atoms with Gasteiger partial charge in [0, 0.05) is 26.3 Å². The number of nitrogens with one attached hydrogen (secondary N) is 1. The maximum absolute atomic E-state index is 12.7. The molecule has 2 heterocycles. The Labute approximate surface area is 171 Å². The number of hydrogen-bond donors (Lipinski definition) is 1. The van der Waals surface area contributed by atoms with Gasteiger partial charge in [-0.1, -0.05) is 23.4 Å². The highest BCUT2D eigenvalue weighted by molar-refractivity contribution is 5.89. The third-order valence-electron chi connectivity index (χ3n) is 4.16. The van der Waals surface area contributed by atoms with Gasteiger partial charge in [-0.3, -0.25) is 14.2 Å². The van der Waals surface area contributed by atoms with Crippen LogP contribution < -0.4 is 16.6 Å². The summed E-state index contributed by atoms with van der Waals surface area (Å²) in [5.41, 5.74) is -0.978. The van der Waals surface area contributed by atoms with Crippen LogP contribution in [0.5, 0.6) is 0 Å². The monoisotopic (exact) mass is 414 g/mol. The summed E-state index contributed by atoms with van der Waals surface area (Å²) in [6, 6.07) is 8.64. The predicted molar refractivity (Wildman–Crippen MR) is 107 cm³/mol. The van der Waals surface area contributed by atoms with Crippen LogP contribution in [0.15, 0.2) is 44.4 Å². The number of aromatic nitrogens is 5. The zero-order valence-electron chi connectivity index (χ0n) is 16.7. The lowest BCUT2D eigenvalue weighted by atomic mass is 10.3. The van der Waals surface area contributed by atoms with Gasteiger partial charge in [-0.2, -0.15) is 14.8 Å². The van der Waals surface area contributed by atoms with Crippen molar-refractivity contribution in [2.75, 3.05) is 19.8 Å². The molecule has 0 aliphatic heterocycles. The summed E-state index contributed by atoms with van der Waals surface area (Å²) in [5, 5.41) is 10.5. The van der Waals surface area contributed by atoms with E-state index in [-0.39, 0.29) is 24.0 Å². The third-order valence-corrected chi connectivity index (χ3v) is 4.16. The molecule has 0 unspecified atom stereocenters. The van der Waals surface area contributed by atoms with Gasteiger partial charge in [0.15, 0.2) is 5.69 Å². The first-order chi connectivity index (χ1) is 14.6. The molecule has 1 amide bonds. The summed E-state index contributed by atoms with van der Waals surface area (Å²) in [6.45, 7) is 5.18. The van der Waals surface area contributed by atoms with Crippen LogP contribution in [0, 0.1) is 0 Å². The van der Waals surface area contributed by atoms with E-state index in [1.165, 1.54) is 0 Å². The average Bonchev–Trinajstić information content (AvgIpc) is 3.25. The zero-order chi connectivity index (χ0) is 21.5. The van der Waals surface area contributed by atoms with Crippen LogP contribution >= 0.6 is 0 Å². The van der Waals surface area contributed by atoms with Crippen molar-refractivity contribution in [1.82, 2.24) is 29.8 Å². The molecule has 1 aromatic carbocycles. The summed E-state index contributed by atoms with van der Waals surface area (Å²) in [4.78, 5) is 41.5. The van der Waals surface area contributed by atoms with Gasteiger partial charge in [-0.15, -0.1) is 0 Å². The topological polar surface area (TPSA) is 134 Å². The van der Waals surface area contributed by atoms with Crippen molar-refractivity contribution >= 4 is 5.91 Å². The molecule has 0 fully saturated rings. The van der Waals surface area contributed by atoms with Crippen molar-refractivity contribution in [2.24, 2.45) is 0 Å². The highest BCUT2D eigenvalue weighted by Gasteiger charge is 2.22. The van der Waals surface area contributed by atoms with Crippen LogP contribution in [0.1, 0.15) is 31.0 Å². The smallest absolute Gasteiger partial charge is 0.352 e.